The Morgan fingerprint density at radius 3 is 2.52 bits per heavy atom. The van der Waals surface area contributed by atoms with E-state index >= 15 is 0 Å². The van der Waals surface area contributed by atoms with Crippen LogP contribution in [0.3, 0.4) is 0 Å². The largest absolute Gasteiger partial charge is 0.490 e. The molecule has 1 heterocycles. The molecule has 158 valence electrons. The van der Waals surface area contributed by atoms with E-state index < -0.39 is 10.0 Å². The van der Waals surface area contributed by atoms with Gasteiger partial charge < -0.3 is 14.4 Å². The summed E-state index contributed by atoms with van der Waals surface area (Å²) in [5, 5.41) is 9.73. The second-order valence-electron chi connectivity index (χ2n) is 7.59. The van der Waals surface area contributed by atoms with Crippen LogP contribution in [0.1, 0.15) is 38.2 Å². The normalized spacial score (nSPS) is 19.7. The van der Waals surface area contributed by atoms with Gasteiger partial charge in [-0.05, 0) is 63.8 Å². The molecule has 0 spiro atoms. The summed E-state index contributed by atoms with van der Waals surface area (Å²) in [5.41, 5.74) is 2.44. The Labute approximate surface area is 171 Å². The van der Waals surface area contributed by atoms with E-state index in [1.165, 1.54) is 4.57 Å². The molecule has 8 heteroatoms. The minimum absolute atomic E-state index is 0.0102. The Morgan fingerprint density at radius 1 is 1.21 bits per heavy atom. The number of rotatable bonds is 6. The number of aryl methyl sites for hydroxylation is 2. The average molecular weight is 421 g/mol. The SMILES string of the molecule is CCS(=O)(=O)Nc1ccc(O[C@H]2CC[C@@H](O)CC2)c(-c2cc(C)c(=O)n(C)c2)c1. The van der Waals surface area contributed by atoms with E-state index in [0.717, 1.165) is 18.4 Å². The third kappa shape index (κ3) is 5.19. The van der Waals surface area contributed by atoms with Gasteiger partial charge in [-0.25, -0.2) is 8.42 Å². The number of pyridine rings is 1. The zero-order valence-corrected chi connectivity index (χ0v) is 17.8. The van der Waals surface area contributed by atoms with Crippen LogP contribution >= 0.6 is 0 Å². The molecule has 3 rings (SSSR count). The third-order valence-electron chi connectivity index (χ3n) is 5.24. The number of aromatic nitrogens is 1. The van der Waals surface area contributed by atoms with Crippen LogP contribution in [0.15, 0.2) is 35.3 Å². The Kier molecular flexibility index (Phi) is 6.33. The van der Waals surface area contributed by atoms with Gasteiger partial charge in [0, 0.05) is 35.6 Å². The topological polar surface area (TPSA) is 97.6 Å². The first-order valence-electron chi connectivity index (χ1n) is 9.85. The van der Waals surface area contributed by atoms with Gasteiger partial charge in [-0.3, -0.25) is 9.52 Å². The lowest BCUT2D eigenvalue weighted by Crippen LogP contribution is -2.26. The minimum atomic E-state index is -3.41. The summed E-state index contributed by atoms with van der Waals surface area (Å²) in [6, 6.07) is 6.96. The fraction of sp³-hybridized carbons (Fsp3) is 0.476. The van der Waals surface area contributed by atoms with Crippen LogP contribution in [-0.4, -0.2) is 36.1 Å². The van der Waals surface area contributed by atoms with E-state index in [4.69, 9.17) is 4.74 Å². The van der Waals surface area contributed by atoms with Crippen LogP contribution in [0.25, 0.3) is 11.1 Å². The summed E-state index contributed by atoms with van der Waals surface area (Å²) in [4.78, 5) is 12.1. The Bertz CT molecular complexity index is 1010. The number of anilines is 1. The number of nitrogens with zero attached hydrogens (tertiary/aromatic N) is 1. The molecule has 0 amide bonds. The molecular formula is C21H28N2O5S. The van der Waals surface area contributed by atoms with Crippen molar-refractivity contribution in [2.75, 3.05) is 10.5 Å². The van der Waals surface area contributed by atoms with Gasteiger partial charge in [0.15, 0.2) is 0 Å². The lowest BCUT2D eigenvalue weighted by molar-refractivity contribution is 0.0669. The van der Waals surface area contributed by atoms with Crippen molar-refractivity contribution in [1.82, 2.24) is 4.57 Å². The first kappa shape index (κ1) is 21.4. The number of aliphatic hydroxyl groups is 1. The van der Waals surface area contributed by atoms with Crippen molar-refractivity contribution in [3.63, 3.8) is 0 Å². The molecule has 0 saturated heterocycles. The second-order valence-corrected chi connectivity index (χ2v) is 9.60. The van der Waals surface area contributed by atoms with Gasteiger partial charge in [0.2, 0.25) is 10.0 Å². The van der Waals surface area contributed by atoms with Gasteiger partial charge in [-0.15, -0.1) is 0 Å². The fourth-order valence-electron chi connectivity index (χ4n) is 3.54. The lowest BCUT2D eigenvalue weighted by atomic mass is 9.95. The van der Waals surface area contributed by atoms with Crippen molar-refractivity contribution in [2.24, 2.45) is 7.05 Å². The van der Waals surface area contributed by atoms with Crippen molar-refractivity contribution >= 4 is 15.7 Å². The number of nitrogens with one attached hydrogen (secondary N) is 1. The summed E-state index contributed by atoms with van der Waals surface area (Å²) < 4.78 is 34.3. The van der Waals surface area contributed by atoms with E-state index in [0.29, 0.717) is 35.4 Å². The minimum Gasteiger partial charge on any atom is -0.490 e. The van der Waals surface area contributed by atoms with Crippen molar-refractivity contribution in [1.29, 1.82) is 0 Å². The quantitative estimate of drug-likeness (QED) is 0.749. The van der Waals surface area contributed by atoms with Gasteiger partial charge in [0.1, 0.15) is 5.75 Å². The first-order chi connectivity index (χ1) is 13.7. The van der Waals surface area contributed by atoms with Crippen molar-refractivity contribution in [3.05, 3.63) is 46.4 Å². The zero-order valence-electron chi connectivity index (χ0n) is 17.0. The monoisotopic (exact) mass is 420 g/mol. The fourth-order valence-corrected chi connectivity index (χ4v) is 4.17. The molecular weight excluding hydrogens is 392 g/mol. The lowest BCUT2D eigenvalue weighted by Gasteiger charge is -2.27. The molecule has 1 fully saturated rings. The first-order valence-corrected chi connectivity index (χ1v) is 11.5. The highest BCUT2D eigenvalue weighted by Crippen LogP contribution is 2.35. The molecule has 1 aromatic heterocycles. The van der Waals surface area contributed by atoms with Crippen LogP contribution in [0.4, 0.5) is 5.69 Å². The Morgan fingerprint density at radius 2 is 1.90 bits per heavy atom. The number of hydrogen-bond donors (Lipinski definition) is 2. The van der Waals surface area contributed by atoms with E-state index in [9.17, 15) is 18.3 Å². The van der Waals surface area contributed by atoms with Crippen molar-refractivity contribution < 1.29 is 18.3 Å². The molecule has 0 bridgehead atoms. The summed E-state index contributed by atoms with van der Waals surface area (Å²) in [6.07, 6.45) is 4.37. The van der Waals surface area contributed by atoms with Gasteiger partial charge in [-0.2, -0.15) is 0 Å². The summed E-state index contributed by atoms with van der Waals surface area (Å²) in [6.45, 7) is 3.33. The molecule has 1 saturated carbocycles. The molecule has 29 heavy (non-hydrogen) atoms. The van der Waals surface area contributed by atoms with E-state index in [2.05, 4.69) is 4.72 Å². The highest BCUT2D eigenvalue weighted by atomic mass is 32.2. The maximum Gasteiger partial charge on any atom is 0.253 e. The number of ether oxygens (including phenoxy) is 1. The molecule has 2 N–H and O–H groups in total. The second kappa shape index (κ2) is 8.59. The van der Waals surface area contributed by atoms with Crippen LogP contribution in [0.2, 0.25) is 0 Å². The Balaban J connectivity index is 2.02. The van der Waals surface area contributed by atoms with Crippen LogP contribution < -0.4 is 15.0 Å². The maximum absolute atomic E-state index is 12.1. The third-order valence-corrected chi connectivity index (χ3v) is 6.55. The molecule has 1 aromatic carbocycles. The molecule has 1 aliphatic rings. The predicted octanol–water partition coefficient (Wildman–Crippen LogP) is 2.80. The highest BCUT2D eigenvalue weighted by Gasteiger charge is 2.22. The molecule has 7 nitrogen and oxygen atoms in total. The summed E-state index contributed by atoms with van der Waals surface area (Å²) in [5.74, 6) is 0.605. The molecule has 0 atom stereocenters. The highest BCUT2D eigenvalue weighted by molar-refractivity contribution is 7.92. The average Bonchev–Trinajstić information content (AvgIpc) is 2.68. The van der Waals surface area contributed by atoms with Crippen LogP contribution in [0, 0.1) is 6.92 Å². The van der Waals surface area contributed by atoms with E-state index in [1.807, 2.05) is 0 Å². The molecule has 0 aliphatic heterocycles. The van der Waals surface area contributed by atoms with Crippen LogP contribution in [0.5, 0.6) is 5.75 Å². The maximum atomic E-state index is 12.1. The van der Waals surface area contributed by atoms with Gasteiger partial charge in [-0.1, -0.05) is 0 Å². The summed E-state index contributed by atoms with van der Waals surface area (Å²) >= 11 is 0. The molecule has 0 radical (unpaired) electrons. The number of hydrogen-bond acceptors (Lipinski definition) is 5. The molecule has 1 aliphatic carbocycles. The van der Waals surface area contributed by atoms with E-state index in [1.54, 1.807) is 51.4 Å². The summed E-state index contributed by atoms with van der Waals surface area (Å²) in [7, 11) is -1.73. The number of benzene rings is 1. The Hall–Kier alpha value is -2.32. The molecule has 0 unspecified atom stereocenters. The van der Waals surface area contributed by atoms with Crippen LogP contribution in [-0.2, 0) is 17.1 Å². The smallest absolute Gasteiger partial charge is 0.253 e. The van der Waals surface area contributed by atoms with Gasteiger partial charge in [0.05, 0.1) is 18.0 Å². The van der Waals surface area contributed by atoms with Gasteiger partial charge >= 0.3 is 0 Å². The predicted molar refractivity (Wildman–Crippen MR) is 114 cm³/mol. The van der Waals surface area contributed by atoms with Crippen molar-refractivity contribution in [3.8, 4) is 16.9 Å². The van der Waals surface area contributed by atoms with E-state index in [-0.39, 0.29) is 23.5 Å². The standard InChI is InChI=1S/C21H28N2O5S/c1-4-29(26,27)22-16-5-10-20(28-18-8-6-17(24)7-9-18)19(12-16)15-11-14(2)21(25)23(3)13-15/h5,10-13,17-18,22,24H,4,6-9H2,1-3H3/t17-,18+. The number of aliphatic hydroxyl groups excluding tert-OH is 1. The zero-order chi connectivity index (χ0) is 21.2. The van der Waals surface area contributed by atoms with Gasteiger partial charge in [0.25, 0.3) is 5.56 Å². The van der Waals surface area contributed by atoms with Crippen molar-refractivity contribution in [2.45, 2.75) is 51.7 Å². The molecule has 2 aromatic rings. The number of sulfonamides is 1.